The number of hydrogen-bond acceptors (Lipinski definition) is 2. The van der Waals surface area contributed by atoms with Gasteiger partial charge in [-0.1, -0.05) is 36.4 Å². The van der Waals surface area contributed by atoms with Crippen LogP contribution in [0, 0.1) is 5.92 Å². The fourth-order valence-electron chi connectivity index (χ4n) is 2.62. The maximum Gasteiger partial charge on any atom is 0.319 e. The van der Waals surface area contributed by atoms with Gasteiger partial charge in [0.25, 0.3) is 0 Å². The van der Waals surface area contributed by atoms with Crippen molar-refractivity contribution in [3.8, 4) is 0 Å². The predicted molar refractivity (Wildman–Crippen MR) is 74.7 cm³/mol. The van der Waals surface area contributed by atoms with Gasteiger partial charge in [-0.3, -0.25) is 4.90 Å². The molecular weight excluding hydrogens is 240 g/mol. The molecule has 0 saturated heterocycles. The number of hydrogen-bond donors (Lipinski definition) is 2. The number of nitrogens with zero attached hydrogens (tertiary/aromatic N) is 1. The lowest BCUT2D eigenvalue weighted by molar-refractivity contribution is 0.252. The highest BCUT2D eigenvalue weighted by Crippen LogP contribution is 2.35. The number of amides is 2. The number of primary amides is 1. The maximum absolute atomic E-state index is 11.8. The number of carbonyl (C=O) groups is 1. The maximum atomic E-state index is 11.8. The Morgan fingerprint density at radius 2 is 1.95 bits per heavy atom. The zero-order valence-corrected chi connectivity index (χ0v) is 10.2. The Labute approximate surface area is 111 Å². The molecule has 2 unspecified atom stereocenters. The molecule has 1 aliphatic carbocycles. The fourth-order valence-corrected chi connectivity index (χ4v) is 2.62. The van der Waals surface area contributed by atoms with E-state index in [0.717, 1.165) is 0 Å². The van der Waals surface area contributed by atoms with E-state index in [2.05, 4.69) is 0 Å². The van der Waals surface area contributed by atoms with Crippen molar-refractivity contribution < 1.29 is 9.90 Å². The van der Waals surface area contributed by atoms with Crippen molar-refractivity contribution in [2.45, 2.75) is 6.04 Å². The molecule has 1 aliphatic heterocycles. The lowest BCUT2D eigenvalue weighted by Crippen LogP contribution is -2.46. The smallest absolute Gasteiger partial charge is 0.319 e. The van der Waals surface area contributed by atoms with Crippen LogP contribution >= 0.6 is 0 Å². The molecule has 1 heterocycles. The summed E-state index contributed by atoms with van der Waals surface area (Å²) in [6.07, 6.45) is 9.41. The molecule has 0 spiro atoms. The summed E-state index contributed by atoms with van der Waals surface area (Å²) < 4.78 is 0. The topological polar surface area (TPSA) is 66.6 Å². The number of allylic oxidation sites excluding steroid dienone is 2. The number of para-hydroxylation sites is 1. The number of benzene rings is 1. The molecule has 2 amide bonds. The molecule has 2 aliphatic rings. The average molecular weight is 254 g/mol. The van der Waals surface area contributed by atoms with Gasteiger partial charge in [-0.25, -0.2) is 4.79 Å². The second-order valence-electron chi connectivity index (χ2n) is 4.62. The first-order chi connectivity index (χ1) is 9.18. The van der Waals surface area contributed by atoms with Crippen LogP contribution in [0.25, 0.3) is 5.76 Å². The van der Waals surface area contributed by atoms with Gasteiger partial charge in [0.1, 0.15) is 5.76 Å². The van der Waals surface area contributed by atoms with Gasteiger partial charge in [0.05, 0.1) is 11.7 Å². The first kappa shape index (κ1) is 11.6. The number of aliphatic hydroxyl groups excluding tert-OH is 1. The molecule has 3 N–H and O–H groups in total. The third kappa shape index (κ3) is 1.81. The molecule has 1 aromatic carbocycles. The molecule has 0 fully saturated rings. The third-order valence-electron chi connectivity index (χ3n) is 3.47. The Balaban J connectivity index is 2.22. The predicted octanol–water partition coefficient (Wildman–Crippen LogP) is 2.60. The molecule has 4 heteroatoms. The number of aliphatic hydroxyl groups is 1. The summed E-state index contributed by atoms with van der Waals surface area (Å²) in [5.41, 5.74) is 6.79. The van der Waals surface area contributed by atoms with Crippen molar-refractivity contribution in [1.29, 1.82) is 0 Å². The van der Waals surface area contributed by atoms with Crippen LogP contribution in [0.3, 0.4) is 0 Å². The van der Waals surface area contributed by atoms with Gasteiger partial charge in [0, 0.05) is 11.5 Å². The quantitative estimate of drug-likeness (QED) is 0.747. The van der Waals surface area contributed by atoms with Crippen molar-refractivity contribution >= 4 is 17.5 Å². The van der Waals surface area contributed by atoms with E-state index in [1.54, 1.807) is 18.2 Å². The summed E-state index contributed by atoms with van der Waals surface area (Å²) in [5, 5.41) is 10.2. The number of rotatable bonds is 0. The van der Waals surface area contributed by atoms with Crippen molar-refractivity contribution in [3.63, 3.8) is 0 Å². The van der Waals surface area contributed by atoms with Gasteiger partial charge in [-0.2, -0.15) is 0 Å². The van der Waals surface area contributed by atoms with E-state index in [1.165, 1.54) is 4.90 Å². The lowest BCUT2D eigenvalue weighted by Gasteiger charge is -2.31. The summed E-state index contributed by atoms with van der Waals surface area (Å²) in [5.74, 6) is 0.0965. The summed E-state index contributed by atoms with van der Waals surface area (Å²) >= 11 is 0. The van der Waals surface area contributed by atoms with E-state index >= 15 is 0 Å². The largest absolute Gasteiger partial charge is 0.508 e. The summed E-state index contributed by atoms with van der Waals surface area (Å²) in [6.45, 7) is 0. The molecule has 0 bridgehead atoms. The van der Waals surface area contributed by atoms with Crippen molar-refractivity contribution in [3.05, 3.63) is 60.2 Å². The number of nitrogens with two attached hydrogens (primary N) is 1. The molecule has 0 radical (unpaired) electrons. The summed E-state index contributed by atoms with van der Waals surface area (Å²) in [4.78, 5) is 13.3. The third-order valence-corrected chi connectivity index (χ3v) is 3.47. The Kier molecular flexibility index (Phi) is 2.63. The zero-order chi connectivity index (χ0) is 13.4. The highest BCUT2D eigenvalue weighted by molar-refractivity contribution is 5.95. The Morgan fingerprint density at radius 3 is 2.74 bits per heavy atom. The normalized spacial score (nSPS) is 24.2. The minimum absolute atomic E-state index is 0.0788. The zero-order valence-electron chi connectivity index (χ0n) is 10.2. The summed E-state index contributed by atoms with van der Waals surface area (Å²) in [6, 6.07) is 6.49. The van der Waals surface area contributed by atoms with Crippen molar-refractivity contribution in [2.75, 3.05) is 4.90 Å². The molecular formula is C15H14N2O2. The van der Waals surface area contributed by atoms with Gasteiger partial charge in [0.2, 0.25) is 0 Å². The molecule has 4 nitrogen and oxygen atoms in total. The van der Waals surface area contributed by atoms with E-state index in [1.807, 2.05) is 36.4 Å². The van der Waals surface area contributed by atoms with Crippen LogP contribution in [-0.2, 0) is 0 Å². The second kappa shape index (κ2) is 4.31. The van der Waals surface area contributed by atoms with Gasteiger partial charge in [-0.05, 0) is 18.2 Å². The average Bonchev–Trinajstić information content (AvgIpc) is 2.53. The minimum atomic E-state index is -0.523. The molecule has 96 valence electrons. The minimum Gasteiger partial charge on any atom is -0.508 e. The Hall–Kier alpha value is -2.49. The van der Waals surface area contributed by atoms with E-state index in [9.17, 15) is 9.90 Å². The van der Waals surface area contributed by atoms with E-state index < -0.39 is 6.03 Å². The molecule has 2 atom stereocenters. The molecule has 3 rings (SSSR count). The van der Waals surface area contributed by atoms with Crippen LogP contribution < -0.4 is 10.6 Å². The Bertz CT molecular complexity index is 616. The first-order valence-electron chi connectivity index (χ1n) is 6.12. The van der Waals surface area contributed by atoms with E-state index in [0.29, 0.717) is 11.3 Å². The lowest BCUT2D eigenvalue weighted by atomic mass is 9.94. The van der Waals surface area contributed by atoms with Gasteiger partial charge in [0.15, 0.2) is 0 Å². The van der Waals surface area contributed by atoms with Gasteiger partial charge in [-0.15, -0.1) is 0 Å². The van der Waals surface area contributed by atoms with Crippen LogP contribution in [0.2, 0.25) is 0 Å². The summed E-state index contributed by atoms with van der Waals surface area (Å²) in [7, 11) is 0. The highest BCUT2D eigenvalue weighted by Gasteiger charge is 2.32. The number of anilines is 1. The molecule has 1 aromatic rings. The first-order valence-corrected chi connectivity index (χ1v) is 6.12. The van der Waals surface area contributed by atoms with Crippen LogP contribution in [-0.4, -0.2) is 17.2 Å². The number of fused-ring (bicyclic) bond motifs is 2. The van der Waals surface area contributed by atoms with E-state index in [-0.39, 0.29) is 17.7 Å². The van der Waals surface area contributed by atoms with Crippen LogP contribution in [0.1, 0.15) is 5.56 Å². The van der Waals surface area contributed by atoms with Gasteiger partial charge >= 0.3 is 6.03 Å². The SMILES string of the molecule is NC(=O)N1c2ccccc2C(O)=CC2C=CC=CC21. The standard InChI is InChI=1S/C15H14N2O2/c16-15(19)17-12-7-3-1-5-10(12)9-14(18)11-6-2-4-8-13(11)17/h1-10,12,18H,(H2,16,19). The second-order valence-corrected chi connectivity index (χ2v) is 4.62. The van der Waals surface area contributed by atoms with Crippen molar-refractivity contribution in [1.82, 2.24) is 0 Å². The van der Waals surface area contributed by atoms with Crippen LogP contribution in [0.15, 0.2) is 54.6 Å². The number of carbonyl (C=O) groups excluding carboxylic acids is 1. The molecule has 19 heavy (non-hydrogen) atoms. The van der Waals surface area contributed by atoms with Crippen LogP contribution in [0.4, 0.5) is 10.5 Å². The van der Waals surface area contributed by atoms with Crippen molar-refractivity contribution in [2.24, 2.45) is 11.7 Å². The highest BCUT2D eigenvalue weighted by atomic mass is 16.3. The van der Waals surface area contributed by atoms with Crippen LogP contribution in [0.5, 0.6) is 0 Å². The monoisotopic (exact) mass is 254 g/mol. The fraction of sp³-hybridized carbons (Fsp3) is 0.133. The molecule has 0 saturated carbocycles. The molecule has 0 aromatic heterocycles. The Morgan fingerprint density at radius 1 is 1.21 bits per heavy atom. The van der Waals surface area contributed by atoms with E-state index in [4.69, 9.17) is 5.73 Å². The number of urea groups is 1. The van der Waals surface area contributed by atoms with Gasteiger partial charge < -0.3 is 10.8 Å².